The smallest absolute Gasteiger partial charge is 0.313 e. The van der Waals surface area contributed by atoms with Gasteiger partial charge in [0, 0.05) is 6.04 Å². The highest BCUT2D eigenvalue weighted by Crippen LogP contribution is 2.42. The van der Waals surface area contributed by atoms with Crippen LogP contribution in [0.25, 0.3) is 0 Å². The van der Waals surface area contributed by atoms with Crippen LogP contribution in [0.5, 0.6) is 0 Å². The van der Waals surface area contributed by atoms with Crippen LogP contribution in [0.3, 0.4) is 0 Å². The number of methoxy groups -OCH3 is 1. The number of hydrogen-bond acceptors (Lipinski definition) is 5. The fraction of sp³-hybridized carbons (Fsp3) is 0.435. The molecule has 0 aromatic heterocycles. The van der Waals surface area contributed by atoms with Crippen molar-refractivity contribution in [2.24, 2.45) is 5.92 Å². The molecule has 0 amide bonds. The van der Waals surface area contributed by atoms with Crippen LogP contribution in [0.2, 0.25) is 0 Å². The van der Waals surface area contributed by atoms with Gasteiger partial charge in [-0.2, -0.15) is 0 Å². The molecule has 2 heterocycles. The minimum atomic E-state index is -0.669. The van der Waals surface area contributed by atoms with Crippen LogP contribution in [0.15, 0.2) is 48.5 Å². The van der Waals surface area contributed by atoms with E-state index >= 15 is 0 Å². The molecule has 0 unspecified atom stereocenters. The summed E-state index contributed by atoms with van der Waals surface area (Å²) < 4.78 is 38.5. The zero-order valence-corrected chi connectivity index (χ0v) is 16.9. The molecule has 2 aliphatic heterocycles. The highest BCUT2D eigenvalue weighted by Gasteiger charge is 2.54. The molecule has 5 nitrogen and oxygen atoms in total. The van der Waals surface area contributed by atoms with Gasteiger partial charge in [0.15, 0.2) is 0 Å². The number of carbonyl (C=O) groups is 1. The van der Waals surface area contributed by atoms with Crippen molar-refractivity contribution in [2.75, 3.05) is 14.2 Å². The quantitative estimate of drug-likeness (QED) is 0.758. The zero-order valence-electron chi connectivity index (χ0n) is 16.9. The van der Waals surface area contributed by atoms with E-state index in [2.05, 4.69) is 0 Å². The third-order valence-electron chi connectivity index (χ3n) is 6.36. The number of esters is 1. The maximum Gasteiger partial charge on any atom is 0.313 e. The summed E-state index contributed by atoms with van der Waals surface area (Å²) >= 11 is 0. The van der Waals surface area contributed by atoms with Crippen molar-refractivity contribution in [1.29, 1.82) is 0 Å². The predicted octanol–water partition coefficient (Wildman–Crippen LogP) is 3.07. The Hall–Kier alpha value is -2.35. The lowest BCUT2D eigenvalue weighted by Crippen LogP contribution is -2.55. The topological polar surface area (TPSA) is 59.0 Å². The first kappa shape index (κ1) is 20.9. The Morgan fingerprint density at radius 3 is 2.07 bits per heavy atom. The van der Waals surface area contributed by atoms with E-state index in [1.807, 2.05) is 11.9 Å². The fourth-order valence-corrected chi connectivity index (χ4v) is 4.86. The molecular weight excluding hydrogens is 392 g/mol. The lowest BCUT2D eigenvalue weighted by atomic mass is 9.86. The average molecular weight is 417 g/mol. The monoisotopic (exact) mass is 417 g/mol. The van der Waals surface area contributed by atoms with Crippen LogP contribution in [0.1, 0.15) is 30.1 Å². The molecule has 2 bridgehead atoms. The van der Waals surface area contributed by atoms with Crippen molar-refractivity contribution < 1.29 is 28.2 Å². The molecule has 0 spiro atoms. The molecule has 2 aromatic rings. The first-order valence-electron chi connectivity index (χ1n) is 10.0. The third-order valence-corrected chi connectivity index (χ3v) is 6.36. The Morgan fingerprint density at radius 2 is 1.57 bits per heavy atom. The summed E-state index contributed by atoms with van der Waals surface area (Å²) in [6.45, 7) is 0. The maximum absolute atomic E-state index is 13.5. The molecule has 2 aliphatic rings. The fourth-order valence-electron chi connectivity index (χ4n) is 4.86. The van der Waals surface area contributed by atoms with E-state index in [1.165, 1.54) is 31.4 Å². The molecule has 30 heavy (non-hydrogen) atoms. The number of carbonyl (C=O) groups excluding carboxylic acids is 1. The zero-order chi connectivity index (χ0) is 21.4. The molecule has 5 atom stereocenters. The molecule has 160 valence electrons. The number of halogens is 2. The van der Waals surface area contributed by atoms with Gasteiger partial charge in [0.2, 0.25) is 0 Å². The van der Waals surface area contributed by atoms with E-state index < -0.39 is 36.2 Å². The summed E-state index contributed by atoms with van der Waals surface area (Å²) in [6.07, 6.45) is -0.674. The largest absolute Gasteiger partial charge is 0.469 e. The van der Waals surface area contributed by atoms with Crippen LogP contribution >= 0.6 is 0 Å². The van der Waals surface area contributed by atoms with E-state index in [1.54, 1.807) is 24.3 Å². The van der Waals surface area contributed by atoms with Crippen molar-refractivity contribution in [2.45, 2.75) is 43.2 Å². The number of hydrogen-bond donors (Lipinski definition) is 1. The molecule has 7 heteroatoms. The highest BCUT2D eigenvalue weighted by molar-refractivity contribution is 5.74. The van der Waals surface area contributed by atoms with E-state index in [0.717, 1.165) is 0 Å². The van der Waals surface area contributed by atoms with Crippen LogP contribution < -0.4 is 0 Å². The Balaban J connectivity index is 1.70. The predicted molar refractivity (Wildman–Crippen MR) is 106 cm³/mol. The van der Waals surface area contributed by atoms with Crippen molar-refractivity contribution in [3.63, 3.8) is 0 Å². The highest BCUT2D eigenvalue weighted by atomic mass is 19.1. The van der Waals surface area contributed by atoms with E-state index in [9.17, 15) is 18.7 Å². The molecule has 0 radical (unpaired) electrons. The Bertz CT molecular complexity index is 844. The second-order valence-electron chi connectivity index (χ2n) is 8.06. The number of aliphatic hydroxyl groups is 1. The van der Waals surface area contributed by atoms with Gasteiger partial charge in [-0.25, -0.2) is 8.78 Å². The van der Waals surface area contributed by atoms with E-state index in [0.29, 0.717) is 24.0 Å². The molecule has 2 aromatic carbocycles. The number of rotatable bonds is 5. The van der Waals surface area contributed by atoms with E-state index in [-0.39, 0.29) is 17.7 Å². The SMILES string of the molecule is COC(=O)[C@@H]1[C@H]2[C@H](O)C[C@@H](C[C@H]1OC(c1ccc(F)cc1)c1ccc(F)cc1)N2C. The normalized spacial score (nSPS) is 28.7. The van der Waals surface area contributed by atoms with Gasteiger partial charge in [-0.15, -0.1) is 0 Å². The molecule has 0 saturated carbocycles. The van der Waals surface area contributed by atoms with Crippen LogP contribution in [-0.4, -0.2) is 54.4 Å². The average Bonchev–Trinajstić information content (AvgIpc) is 2.92. The first-order chi connectivity index (χ1) is 14.4. The van der Waals surface area contributed by atoms with E-state index in [4.69, 9.17) is 9.47 Å². The first-order valence-corrected chi connectivity index (χ1v) is 10.0. The minimum Gasteiger partial charge on any atom is -0.469 e. The third kappa shape index (κ3) is 3.85. The van der Waals surface area contributed by atoms with Crippen molar-refractivity contribution >= 4 is 5.97 Å². The van der Waals surface area contributed by atoms with Gasteiger partial charge in [0.1, 0.15) is 23.7 Å². The van der Waals surface area contributed by atoms with Gasteiger partial charge in [0.05, 0.1) is 25.4 Å². The van der Waals surface area contributed by atoms with Crippen LogP contribution in [0.4, 0.5) is 8.78 Å². The molecule has 4 rings (SSSR count). The number of piperidine rings is 1. The maximum atomic E-state index is 13.5. The number of fused-ring (bicyclic) bond motifs is 2. The summed E-state index contributed by atoms with van der Waals surface area (Å²) in [5.41, 5.74) is 1.39. The summed E-state index contributed by atoms with van der Waals surface area (Å²) in [5, 5.41) is 10.5. The number of ether oxygens (including phenoxy) is 2. The summed E-state index contributed by atoms with van der Waals surface area (Å²) in [7, 11) is 3.22. The standard InChI is InChI=1S/C23H25F2NO4/c1-26-17-11-18(27)21(26)20(23(28)29-2)19(12-17)30-22(13-3-7-15(24)8-4-13)14-5-9-16(25)10-6-14/h3-10,17-22,27H,11-12H2,1-2H3/t17-,18+,19+,20-,21+/m0/s1. The van der Waals surface area contributed by atoms with Gasteiger partial charge in [-0.3, -0.25) is 9.69 Å². The van der Waals surface area contributed by atoms with Crippen LogP contribution in [-0.2, 0) is 14.3 Å². The van der Waals surface area contributed by atoms with Crippen molar-refractivity contribution in [3.05, 3.63) is 71.3 Å². The minimum absolute atomic E-state index is 0.0815. The molecule has 2 fully saturated rings. The summed E-state index contributed by atoms with van der Waals surface area (Å²) in [6, 6.07) is 11.5. The lowest BCUT2D eigenvalue weighted by Gasteiger charge is -2.42. The van der Waals surface area contributed by atoms with Gasteiger partial charge in [0.25, 0.3) is 0 Å². The number of benzene rings is 2. The Morgan fingerprint density at radius 1 is 1.03 bits per heavy atom. The van der Waals surface area contributed by atoms with Crippen molar-refractivity contribution in [1.82, 2.24) is 4.90 Å². The second-order valence-corrected chi connectivity index (χ2v) is 8.06. The summed E-state index contributed by atoms with van der Waals surface area (Å²) in [5.74, 6) is -1.85. The van der Waals surface area contributed by atoms with Gasteiger partial charge >= 0.3 is 5.97 Å². The molecular formula is C23H25F2NO4. The number of aliphatic hydroxyl groups excluding tert-OH is 1. The Labute approximate surface area is 174 Å². The molecule has 1 N–H and O–H groups in total. The summed E-state index contributed by atoms with van der Waals surface area (Å²) in [4.78, 5) is 14.7. The van der Waals surface area contributed by atoms with Gasteiger partial charge in [-0.05, 0) is 55.3 Å². The molecule has 2 saturated heterocycles. The van der Waals surface area contributed by atoms with Gasteiger partial charge in [-0.1, -0.05) is 24.3 Å². The van der Waals surface area contributed by atoms with Gasteiger partial charge < -0.3 is 14.6 Å². The lowest BCUT2D eigenvalue weighted by molar-refractivity contribution is -0.164. The van der Waals surface area contributed by atoms with Crippen LogP contribution in [0, 0.1) is 17.6 Å². The number of nitrogens with zero attached hydrogens (tertiary/aromatic N) is 1. The number of likely N-dealkylation sites (N-methyl/N-ethyl adjacent to an activating group) is 1. The Kier molecular flexibility index (Phi) is 5.86. The van der Waals surface area contributed by atoms with Crippen molar-refractivity contribution in [3.8, 4) is 0 Å². The molecule has 0 aliphatic carbocycles. The second kappa shape index (κ2) is 8.41.